The normalized spacial score (nSPS) is 29.5. The molecule has 2 nitrogen and oxygen atoms in total. The molecule has 2 fully saturated rings. The molecule has 2 aliphatic rings. The number of rotatable bonds is 1. The third-order valence-electron chi connectivity index (χ3n) is 3.46. The Kier molecular flexibility index (Phi) is 2.37. The summed E-state index contributed by atoms with van der Waals surface area (Å²) >= 11 is 4.30. The van der Waals surface area contributed by atoms with Crippen LogP contribution in [0.25, 0.3) is 0 Å². The Balaban J connectivity index is 1.76. The lowest BCUT2D eigenvalue weighted by atomic mass is 10.0. The molecule has 0 radical (unpaired) electrons. The highest BCUT2D eigenvalue weighted by Crippen LogP contribution is 2.32. The highest BCUT2D eigenvalue weighted by atomic mass is 32.1. The number of thiol groups is 1. The van der Waals surface area contributed by atoms with Crippen molar-refractivity contribution >= 4 is 18.3 Å². The fourth-order valence-electron chi connectivity index (χ4n) is 2.56. The van der Waals surface area contributed by atoms with E-state index in [-0.39, 0.29) is 0 Å². The molecule has 2 saturated heterocycles. The van der Waals surface area contributed by atoms with Gasteiger partial charge in [-0.15, -0.1) is 12.6 Å². The number of benzene rings is 1. The molecule has 1 aromatic carbocycles. The molecule has 15 heavy (non-hydrogen) atoms. The lowest BCUT2D eigenvalue weighted by Gasteiger charge is -2.19. The predicted molar refractivity (Wildman–Crippen MR) is 63.7 cm³/mol. The molecule has 2 atom stereocenters. The average molecular weight is 221 g/mol. The zero-order valence-corrected chi connectivity index (χ0v) is 9.49. The fraction of sp³-hybridized carbons (Fsp3) is 0.500. The van der Waals surface area contributed by atoms with Crippen LogP contribution in [-0.2, 0) is 4.74 Å². The van der Waals surface area contributed by atoms with Gasteiger partial charge in [-0.1, -0.05) is 0 Å². The molecule has 0 bridgehead atoms. The second-order valence-corrected chi connectivity index (χ2v) is 5.00. The third-order valence-corrected chi connectivity index (χ3v) is 3.75. The van der Waals surface area contributed by atoms with E-state index in [1.807, 2.05) is 0 Å². The minimum atomic E-state index is 0.751. The Bertz CT molecular complexity index is 339. The highest BCUT2D eigenvalue weighted by Gasteiger charge is 2.36. The van der Waals surface area contributed by atoms with E-state index >= 15 is 0 Å². The van der Waals surface area contributed by atoms with E-state index in [1.54, 1.807) is 0 Å². The molecule has 2 unspecified atom stereocenters. The fourth-order valence-corrected chi connectivity index (χ4v) is 2.71. The van der Waals surface area contributed by atoms with Crippen molar-refractivity contribution < 1.29 is 4.74 Å². The minimum absolute atomic E-state index is 0.751. The zero-order chi connectivity index (χ0) is 10.3. The summed E-state index contributed by atoms with van der Waals surface area (Å²) < 4.78 is 5.48. The van der Waals surface area contributed by atoms with Crippen LogP contribution in [0.2, 0.25) is 0 Å². The first kappa shape index (κ1) is 9.55. The number of fused-ring (bicyclic) bond motifs is 1. The number of hydrogen-bond donors (Lipinski definition) is 1. The van der Waals surface area contributed by atoms with Crippen LogP contribution in [0.1, 0.15) is 0 Å². The molecule has 0 aromatic heterocycles. The maximum absolute atomic E-state index is 5.48. The van der Waals surface area contributed by atoms with E-state index in [0.29, 0.717) is 0 Å². The third kappa shape index (κ3) is 1.74. The van der Waals surface area contributed by atoms with E-state index in [9.17, 15) is 0 Å². The van der Waals surface area contributed by atoms with Crippen LogP contribution in [0.15, 0.2) is 29.2 Å². The lowest BCUT2D eigenvalue weighted by molar-refractivity contribution is 0.177. The van der Waals surface area contributed by atoms with Gasteiger partial charge >= 0.3 is 0 Å². The van der Waals surface area contributed by atoms with Crippen LogP contribution in [-0.4, -0.2) is 26.3 Å². The monoisotopic (exact) mass is 221 g/mol. The zero-order valence-electron chi connectivity index (χ0n) is 8.60. The van der Waals surface area contributed by atoms with E-state index in [4.69, 9.17) is 4.74 Å². The van der Waals surface area contributed by atoms with Gasteiger partial charge in [0.1, 0.15) is 0 Å². The van der Waals surface area contributed by atoms with E-state index in [1.165, 1.54) is 5.69 Å². The van der Waals surface area contributed by atoms with Crippen LogP contribution in [0.5, 0.6) is 0 Å². The van der Waals surface area contributed by atoms with Gasteiger partial charge in [0.05, 0.1) is 13.2 Å². The van der Waals surface area contributed by atoms with Crippen molar-refractivity contribution in [2.24, 2.45) is 11.8 Å². The van der Waals surface area contributed by atoms with Crippen molar-refractivity contribution in [1.82, 2.24) is 0 Å². The van der Waals surface area contributed by atoms with Crippen LogP contribution in [0.4, 0.5) is 5.69 Å². The molecule has 0 N–H and O–H groups in total. The first-order valence-electron chi connectivity index (χ1n) is 5.44. The van der Waals surface area contributed by atoms with Crippen LogP contribution >= 0.6 is 12.6 Å². The van der Waals surface area contributed by atoms with Crippen molar-refractivity contribution in [3.63, 3.8) is 0 Å². The number of anilines is 1. The maximum Gasteiger partial charge on any atom is 0.0515 e. The summed E-state index contributed by atoms with van der Waals surface area (Å²) in [6.07, 6.45) is 0. The van der Waals surface area contributed by atoms with Gasteiger partial charge in [0, 0.05) is 35.5 Å². The Labute approximate surface area is 95.6 Å². The summed E-state index contributed by atoms with van der Waals surface area (Å²) in [4.78, 5) is 3.49. The molecule has 0 saturated carbocycles. The van der Waals surface area contributed by atoms with Crippen molar-refractivity contribution in [2.45, 2.75) is 4.90 Å². The first-order chi connectivity index (χ1) is 7.33. The van der Waals surface area contributed by atoms with Crippen LogP contribution in [0.3, 0.4) is 0 Å². The summed E-state index contributed by atoms with van der Waals surface area (Å²) in [6, 6.07) is 8.43. The highest BCUT2D eigenvalue weighted by molar-refractivity contribution is 7.80. The van der Waals surface area contributed by atoms with Gasteiger partial charge in [-0.25, -0.2) is 0 Å². The average Bonchev–Trinajstić information content (AvgIpc) is 2.78. The molecule has 2 aliphatic heterocycles. The molecular formula is C12H15NOS. The Morgan fingerprint density at radius 1 is 1.07 bits per heavy atom. The summed E-state index contributed by atoms with van der Waals surface area (Å²) in [6.45, 7) is 4.20. The molecule has 1 aromatic rings. The van der Waals surface area contributed by atoms with Gasteiger partial charge in [0.2, 0.25) is 0 Å². The topological polar surface area (TPSA) is 12.5 Å². The van der Waals surface area contributed by atoms with Gasteiger partial charge in [-0.3, -0.25) is 0 Å². The van der Waals surface area contributed by atoms with Gasteiger partial charge in [-0.05, 0) is 24.3 Å². The Morgan fingerprint density at radius 2 is 1.67 bits per heavy atom. The largest absolute Gasteiger partial charge is 0.381 e. The molecular weight excluding hydrogens is 206 g/mol. The molecule has 0 amide bonds. The van der Waals surface area contributed by atoms with Gasteiger partial charge in [-0.2, -0.15) is 0 Å². The van der Waals surface area contributed by atoms with Crippen LogP contribution in [0, 0.1) is 11.8 Å². The van der Waals surface area contributed by atoms with Gasteiger partial charge in [0.25, 0.3) is 0 Å². The predicted octanol–water partition coefficient (Wildman–Crippen LogP) is 2.06. The van der Waals surface area contributed by atoms with Crippen molar-refractivity contribution in [3.05, 3.63) is 24.3 Å². The Morgan fingerprint density at radius 3 is 2.27 bits per heavy atom. The van der Waals surface area contributed by atoms with Crippen LogP contribution < -0.4 is 4.90 Å². The van der Waals surface area contributed by atoms with Gasteiger partial charge in [0.15, 0.2) is 0 Å². The number of nitrogens with zero attached hydrogens (tertiary/aromatic N) is 1. The smallest absolute Gasteiger partial charge is 0.0515 e. The summed E-state index contributed by atoms with van der Waals surface area (Å²) in [5, 5.41) is 0. The van der Waals surface area contributed by atoms with Gasteiger partial charge < -0.3 is 9.64 Å². The molecule has 3 rings (SSSR count). The van der Waals surface area contributed by atoms with Crippen molar-refractivity contribution in [2.75, 3.05) is 31.2 Å². The standard InChI is InChI=1S/C12H15NOS/c15-12-3-1-11(2-4-12)13-5-9-7-14-8-10(9)6-13/h1-4,9-10,15H,5-8H2. The summed E-state index contributed by atoms with van der Waals surface area (Å²) in [5.74, 6) is 1.50. The molecule has 3 heteroatoms. The Hall–Kier alpha value is -0.670. The molecule has 0 aliphatic carbocycles. The number of hydrogen-bond acceptors (Lipinski definition) is 3. The first-order valence-corrected chi connectivity index (χ1v) is 5.89. The lowest BCUT2D eigenvalue weighted by Crippen LogP contribution is -2.21. The summed E-state index contributed by atoms with van der Waals surface area (Å²) in [7, 11) is 0. The van der Waals surface area contributed by atoms with Crippen molar-refractivity contribution in [3.8, 4) is 0 Å². The summed E-state index contributed by atoms with van der Waals surface area (Å²) in [5.41, 5.74) is 1.32. The molecule has 2 heterocycles. The molecule has 80 valence electrons. The number of ether oxygens (including phenoxy) is 1. The van der Waals surface area contributed by atoms with E-state index in [2.05, 4.69) is 41.8 Å². The van der Waals surface area contributed by atoms with E-state index < -0.39 is 0 Å². The molecule has 0 spiro atoms. The van der Waals surface area contributed by atoms with E-state index in [0.717, 1.165) is 43.0 Å². The minimum Gasteiger partial charge on any atom is -0.381 e. The SMILES string of the molecule is Sc1ccc(N2CC3COCC3C2)cc1. The van der Waals surface area contributed by atoms with Crippen molar-refractivity contribution in [1.29, 1.82) is 0 Å². The maximum atomic E-state index is 5.48. The second-order valence-electron chi connectivity index (χ2n) is 4.48. The quantitative estimate of drug-likeness (QED) is 0.729. The second kappa shape index (κ2) is 3.72.